The van der Waals surface area contributed by atoms with Gasteiger partial charge in [-0.1, -0.05) is 30.7 Å². The minimum Gasteiger partial charge on any atom is -0.480 e. The maximum absolute atomic E-state index is 13.9. The SMILES string of the molecule is C[C@@H](CCc1ccc2c(n1)NCCC2)COCC[C@H](NC(=O)c1c(F)cccc1Cl)C(=O)O. The van der Waals surface area contributed by atoms with E-state index < -0.39 is 23.7 Å². The van der Waals surface area contributed by atoms with Crippen LogP contribution in [0, 0.1) is 11.7 Å². The second kappa shape index (κ2) is 12.0. The van der Waals surface area contributed by atoms with Crippen LogP contribution in [0.2, 0.25) is 5.02 Å². The molecule has 2 heterocycles. The highest BCUT2D eigenvalue weighted by Gasteiger charge is 2.24. The van der Waals surface area contributed by atoms with Crippen molar-refractivity contribution in [2.45, 2.75) is 45.1 Å². The number of carboxylic acids is 1. The van der Waals surface area contributed by atoms with Crippen LogP contribution in [0.25, 0.3) is 0 Å². The largest absolute Gasteiger partial charge is 0.480 e. The molecular formula is C24H29ClFN3O4. The summed E-state index contributed by atoms with van der Waals surface area (Å²) in [4.78, 5) is 28.5. The molecule has 0 saturated heterocycles. The minimum absolute atomic E-state index is 0.0535. The number of aromatic nitrogens is 1. The Bertz CT molecular complexity index is 968. The Hall–Kier alpha value is -2.71. The van der Waals surface area contributed by atoms with Crippen LogP contribution in [0.15, 0.2) is 30.3 Å². The highest BCUT2D eigenvalue weighted by molar-refractivity contribution is 6.33. The van der Waals surface area contributed by atoms with Gasteiger partial charge in [-0.05, 0) is 55.4 Å². The molecule has 3 rings (SSSR count). The zero-order chi connectivity index (χ0) is 23.8. The van der Waals surface area contributed by atoms with Crippen molar-refractivity contribution in [1.82, 2.24) is 10.3 Å². The number of hydrogen-bond acceptors (Lipinski definition) is 5. The second-order valence-electron chi connectivity index (χ2n) is 8.31. The third-order valence-electron chi connectivity index (χ3n) is 5.59. The molecule has 3 N–H and O–H groups in total. The number of carbonyl (C=O) groups is 2. The standard InChI is InChI=1S/C24H29ClFN3O4/c1-15(7-9-17-10-8-16-4-3-12-27-22(16)28-17)14-33-13-11-20(24(31)32)29-23(30)21-18(25)5-2-6-19(21)26/h2,5-6,8,10,15,20H,3-4,7,9,11-14H2,1H3,(H,27,28)(H,29,30)(H,31,32)/t15-,20-/m0/s1. The Morgan fingerprint density at radius 1 is 1.30 bits per heavy atom. The molecule has 1 aliphatic rings. The number of aliphatic carboxylic acids is 1. The molecule has 0 spiro atoms. The smallest absolute Gasteiger partial charge is 0.326 e. The molecule has 7 nitrogen and oxygen atoms in total. The summed E-state index contributed by atoms with van der Waals surface area (Å²) in [6.07, 6.45) is 3.96. The van der Waals surface area contributed by atoms with Gasteiger partial charge in [0.2, 0.25) is 0 Å². The number of aryl methyl sites for hydroxylation is 2. The first kappa shape index (κ1) is 24.9. The summed E-state index contributed by atoms with van der Waals surface area (Å²) in [6.45, 7) is 3.63. The average molecular weight is 478 g/mol. The van der Waals surface area contributed by atoms with E-state index in [9.17, 15) is 19.1 Å². The molecule has 0 unspecified atom stereocenters. The molecule has 0 bridgehead atoms. The summed E-state index contributed by atoms with van der Waals surface area (Å²) >= 11 is 5.88. The third-order valence-corrected chi connectivity index (χ3v) is 5.91. The quantitative estimate of drug-likeness (QED) is 0.421. The Labute approximate surface area is 197 Å². The number of fused-ring (bicyclic) bond motifs is 1. The molecule has 0 radical (unpaired) electrons. The number of amides is 1. The van der Waals surface area contributed by atoms with Gasteiger partial charge in [-0.25, -0.2) is 14.2 Å². The van der Waals surface area contributed by atoms with Gasteiger partial charge in [0.1, 0.15) is 17.7 Å². The average Bonchev–Trinajstić information content (AvgIpc) is 2.79. The summed E-state index contributed by atoms with van der Waals surface area (Å²) in [5, 5.41) is 15.0. The Morgan fingerprint density at radius 2 is 2.12 bits per heavy atom. The van der Waals surface area contributed by atoms with Crippen LogP contribution < -0.4 is 10.6 Å². The van der Waals surface area contributed by atoms with Crippen molar-refractivity contribution in [1.29, 1.82) is 0 Å². The zero-order valence-corrected chi connectivity index (χ0v) is 19.3. The number of rotatable bonds is 11. The number of carboxylic acid groups (broad SMARTS) is 1. The molecule has 33 heavy (non-hydrogen) atoms. The fourth-order valence-corrected chi connectivity index (χ4v) is 3.92. The number of carbonyl (C=O) groups excluding carboxylic acids is 1. The topological polar surface area (TPSA) is 101 Å². The molecule has 0 fully saturated rings. The molecule has 2 aromatic rings. The summed E-state index contributed by atoms with van der Waals surface area (Å²) in [7, 11) is 0. The van der Waals surface area contributed by atoms with Crippen LogP contribution in [-0.2, 0) is 22.4 Å². The molecule has 178 valence electrons. The number of ether oxygens (including phenoxy) is 1. The lowest BCUT2D eigenvalue weighted by Crippen LogP contribution is -2.42. The number of hydrogen-bond donors (Lipinski definition) is 3. The molecule has 1 aromatic carbocycles. The van der Waals surface area contributed by atoms with Gasteiger partial charge in [-0.15, -0.1) is 0 Å². The number of nitrogens with one attached hydrogen (secondary N) is 2. The van der Waals surface area contributed by atoms with Crippen LogP contribution in [0.4, 0.5) is 10.2 Å². The highest BCUT2D eigenvalue weighted by Crippen LogP contribution is 2.21. The second-order valence-corrected chi connectivity index (χ2v) is 8.72. The number of nitrogens with zero attached hydrogens (tertiary/aromatic N) is 1. The molecule has 0 aliphatic carbocycles. The van der Waals surface area contributed by atoms with Crippen molar-refractivity contribution >= 4 is 29.3 Å². The first-order chi connectivity index (χ1) is 15.8. The maximum Gasteiger partial charge on any atom is 0.326 e. The molecule has 1 amide bonds. The first-order valence-corrected chi connectivity index (χ1v) is 11.5. The van der Waals surface area contributed by atoms with E-state index >= 15 is 0 Å². The third kappa shape index (κ3) is 7.14. The van der Waals surface area contributed by atoms with Gasteiger partial charge in [0, 0.05) is 31.9 Å². The first-order valence-electron chi connectivity index (χ1n) is 11.1. The monoisotopic (exact) mass is 477 g/mol. The predicted octanol–water partition coefficient (Wildman–Crippen LogP) is 4.09. The molecular weight excluding hydrogens is 449 g/mol. The summed E-state index contributed by atoms with van der Waals surface area (Å²) in [5.41, 5.74) is 1.93. The summed E-state index contributed by atoms with van der Waals surface area (Å²) in [6, 6.07) is 6.83. The van der Waals surface area contributed by atoms with Crippen LogP contribution in [0.1, 0.15) is 47.8 Å². The van der Waals surface area contributed by atoms with Crippen LogP contribution >= 0.6 is 11.6 Å². The van der Waals surface area contributed by atoms with E-state index in [1.807, 2.05) is 0 Å². The van der Waals surface area contributed by atoms with Gasteiger partial charge in [-0.2, -0.15) is 0 Å². The van der Waals surface area contributed by atoms with E-state index in [4.69, 9.17) is 21.3 Å². The molecule has 0 saturated carbocycles. The number of benzene rings is 1. The lowest BCUT2D eigenvalue weighted by Gasteiger charge is -2.18. The molecule has 1 aliphatic heterocycles. The van der Waals surface area contributed by atoms with Gasteiger partial charge in [0.25, 0.3) is 5.91 Å². The molecule has 2 atom stereocenters. The van der Waals surface area contributed by atoms with Crippen molar-refractivity contribution in [2.75, 3.05) is 25.1 Å². The van der Waals surface area contributed by atoms with Crippen molar-refractivity contribution in [3.8, 4) is 0 Å². The van der Waals surface area contributed by atoms with E-state index in [1.165, 1.54) is 17.7 Å². The maximum atomic E-state index is 13.9. The summed E-state index contributed by atoms with van der Waals surface area (Å²) in [5.74, 6) is -1.66. The zero-order valence-electron chi connectivity index (χ0n) is 18.6. The Balaban J connectivity index is 1.40. The number of anilines is 1. The Morgan fingerprint density at radius 3 is 2.88 bits per heavy atom. The van der Waals surface area contributed by atoms with Crippen molar-refractivity contribution < 1.29 is 23.8 Å². The fraction of sp³-hybridized carbons (Fsp3) is 0.458. The number of pyridine rings is 1. The van der Waals surface area contributed by atoms with E-state index in [-0.39, 0.29) is 29.5 Å². The van der Waals surface area contributed by atoms with Gasteiger partial charge in [0.05, 0.1) is 10.6 Å². The summed E-state index contributed by atoms with van der Waals surface area (Å²) < 4.78 is 19.5. The fourth-order valence-electron chi connectivity index (χ4n) is 3.67. The normalized spacial score (nSPS) is 14.6. The van der Waals surface area contributed by atoms with Gasteiger partial charge in [-0.3, -0.25) is 4.79 Å². The van der Waals surface area contributed by atoms with E-state index in [0.29, 0.717) is 6.61 Å². The van der Waals surface area contributed by atoms with Gasteiger partial charge >= 0.3 is 5.97 Å². The van der Waals surface area contributed by atoms with Crippen LogP contribution in [-0.4, -0.2) is 47.8 Å². The molecule has 9 heteroatoms. The molecule has 1 aromatic heterocycles. The van der Waals surface area contributed by atoms with Crippen molar-refractivity contribution in [3.63, 3.8) is 0 Å². The predicted molar refractivity (Wildman–Crippen MR) is 124 cm³/mol. The van der Waals surface area contributed by atoms with E-state index in [1.54, 1.807) is 0 Å². The van der Waals surface area contributed by atoms with Crippen molar-refractivity contribution in [2.24, 2.45) is 5.92 Å². The Kier molecular flexibility index (Phi) is 9.03. The lowest BCUT2D eigenvalue weighted by atomic mass is 10.0. The number of halogens is 2. The van der Waals surface area contributed by atoms with Crippen LogP contribution in [0.5, 0.6) is 0 Å². The van der Waals surface area contributed by atoms with Crippen molar-refractivity contribution in [3.05, 3.63) is 58.0 Å². The highest BCUT2D eigenvalue weighted by atomic mass is 35.5. The van der Waals surface area contributed by atoms with Crippen LogP contribution in [0.3, 0.4) is 0 Å². The van der Waals surface area contributed by atoms with Gasteiger partial charge < -0.3 is 20.5 Å². The van der Waals surface area contributed by atoms with E-state index in [0.717, 1.165) is 49.8 Å². The van der Waals surface area contributed by atoms with E-state index in [2.05, 4.69) is 29.7 Å². The van der Waals surface area contributed by atoms with Gasteiger partial charge in [0.15, 0.2) is 0 Å². The minimum atomic E-state index is -1.22. The lowest BCUT2D eigenvalue weighted by molar-refractivity contribution is -0.139.